The highest BCUT2D eigenvalue weighted by Crippen LogP contribution is 2.62. The van der Waals surface area contributed by atoms with E-state index in [1.54, 1.807) is 13.0 Å². The van der Waals surface area contributed by atoms with Crippen LogP contribution in [0.25, 0.3) is 0 Å². The Morgan fingerprint density at radius 2 is 2.07 bits per heavy atom. The first kappa shape index (κ1) is 18.7. The predicted molar refractivity (Wildman–Crippen MR) is 93.0 cm³/mol. The SMILES string of the molecule is C=C1C(=O)O[C@H]2[C@H]1C[C@@H](O)[C@@](C)(OC(=O)CC(C)C)[C@@]13C=C[C@@](C)(OO1)[C@H]23. The van der Waals surface area contributed by atoms with Crippen molar-refractivity contribution in [3.05, 3.63) is 24.3 Å². The van der Waals surface area contributed by atoms with Crippen molar-refractivity contribution in [2.75, 3.05) is 0 Å². The van der Waals surface area contributed by atoms with Gasteiger partial charge in [-0.1, -0.05) is 26.5 Å². The van der Waals surface area contributed by atoms with E-state index in [1.165, 1.54) is 0 Å². The molecule has 7 nitrogen and oxygen atoms in total. The number of aliphatic hydroxyl groups excluding tert-OH is 1. The number of carbonyl (C=O) groups excluding carboxylic acids is 2. The van der Waals surface area contributed by atoms with E-state index in [1.807, 2.05) is 26.8 Å². The number of ether oxygens (including phenoxy) is 2. The second-order valence-corrected chi connectivity index (χ2v) is 8.89. The Bertz CT molecular complexity index is 743. The smallest absolute Gasteiger partial charge is 0.334 e. The molecule has 0 aromatic carbocycles. The van der Waals surface area contributed by atoms with Gasteiger partial charge in [-0.2, -0.15) is 0 Å². The van der Waals surface area contributed by atoms with Crippen LogP contribution in [0.1, 0.15) is 40.5 Å². The maximum Gasteiger partial charge on any atom is 0.334 e. The summed E-state index contributed by atoms with van der Waals surface area (Å²) in [6, 6.07) is 0. The number of rotatable bonds is 3. The second kappa shape index (κ2) is 5.65. The summed E-state index contributed by atoms with van der Waals surface area (Å²) in [6.45, 7) is 11.2. The zero-order chi connectivity index (χ0) is 19.8. The lowest BCUT2D eigenvalue weighted by Gasteiger charge is -2.44. The van der Waals surface area contributed by atoms with E-state index in [9.17, 15) is 14.7 Å². The zero-order valence-corrected chi connectivity index (χ0v) is 16.1. The quantitative estimate of drug-likeness (QED) is 0.347. The van der Waals surface area contributed by atoms with E-state index >= 15 is 0 Å². The summed E-state index contributed by atoms with van der Waals surface area (Å²) < 4.78 is 11.5. The Labute approximate surface area is 158 Å². The molecule has 27 heavy (non-hydrogen) atoms. The summed E-state index contributed by atoms with van der Waals surface area (Å²) in [5.74, 6) is -1.63. The molecular weight excluding hydrogens is 352 g/mol. The van der Waals surface area contributed by atoms with E-state index < -0.39 is 52.8 Å². The molecule has 2 aliphatic heterocycles. The third-order valence-electron chi connectivity index (χ3n) is 6.57. The molecule has 2 heterocycles. The molecular formula is C20H26O7. The first-order valence-electron chi connectivity index (χ1n) is 9.41. The number of fused-ring (bicyclic) bond motifs is 1. The highest BCUT2D eigenvalue weighted by Gasteiger charge is 2.77. The van der Waals surface area contributed by atoms with Gasteiger partial charge in [0, 0.05) is 17.9 Å². The molecule has 4 rings (SSSR count). The van der Waals surface area contributed by atoms with E-state index in [0.717, 1.165) is 0 Å². The standard InChI is InChI=1S/C20H26O7/c1-10(2)8-14(22)25-19(5)13(21)9-12-11(3)17(23)24-15(12)16-18(4)6-7-20(16,19)27-26-18/h6-7,10,12-13,15-16,21H,3,8-9H2,1-2,4-5H3/t12-,13+,15-,16-,18+,19+,20-/m0/s1. The van der Waals surface area contributed by atoms with E-state index in [2.05, 4.69) is 6.58 Å². The van der Waals surface area contributed by atoms with Gasteiger partial charge in [-0.25, -0.2) is 14.6 Å². The van der Waals surface area contributed by atoms with E-state index in [0.29, 0.717) is 5.57 Å². The Morgan fingerprint density at radius 3 is 2.67 bits per heavy atom. The first-order valence-corrected chi connectivity index (χ1v) is 9.41. The van der Waals surface area contributed by atoms with Crippen molar-refractivity contribution >= 4 is 11.9 Å². The summed E-state index contributed by atoms with van der Waals surface area (Å²) in [5, 5.41) is 11.1. The average molecular weight is 378 g/mol. The van der Waals surface area contributed by atoms with Gasteiger partial charge in [0.2, 0.25) is 0 Å². The number of carbonyl (C=O) groups is 2. The number of hydrogen-bond acceptors (Lipinski definition) is 7. The lowest BCUT2D eigenvalue weighted by molar-refractivity contribution is -0.367. The van der Waals surface area contributed by atoms with Crippen LogP contribution in [0.4, 0.5) is 0 Å². The fourth-order valence-corrected chi connectivity index (χ4v) is 5.06. The number of aliphatic hydroxyl groups is 1. The highest BCUT2D eigenvalue weighted by atomic mass is 17.2. The lowest BCUT2D eigenvalue weighted by Crippen LogP contribution is -2.63. The Hall–Kier alpha value is -1.70. The minimum absolute atomic E-state index is 0.113. The van der Waals surface area contributed by atoms with Crippen molar-refractivity contribution in [2.24, 2.45) is 17.8 Å². The molecule has 7 atom stereocenters. The third-order valence-corrected chi connectivity index (χ3v) is 6.57. The van der Waals surface area contributed by atoms with Crippen LogP contribution in [-0.2, 0) is 28.8 Å². The maximum absolute atomic E-state index is 12.5. The summed E-state index contributed by atoms with van der Waals surface area (Å²) in [6.07, 6.45) is 2.36. The molecule has 148 valence electrons. The molecule has 3 fully saturated rings. The van der Waals surface area contributed by atoms with Crippen LogP contribution >= 0.6 is 0 Å². The summed E-state index contributed by atoms with van der Waals surface area (Å²) >= 11 is 0. The topological polar surface area (TPSA) is 91.3 Å². The van der Waals surface area contributed by atoms with E-state index in [4.69, 9.17) is 19.2 Å². The molecule has 0 spiro atoms. The molecule has 0 aromatic heterocycles. The molecule has 0 unspecified atom stereocenters. The van der Waals surface area contributed by atoms with Gasteiger partial charge in [0.25, 0.3) is 0 Å². The van der Waals surface area contributed by atoms with Gasteiger partial charge in [0.1, 0.15) is 11.7 Å². The fourth-order valence-electron chi connectivity index (χ4n) is 5.06. The Kier molecular flexibility index (Phi) is 3.91. The van der Waals surface area contributed by atoms with Gasteiger partial charge in [0.15, 0.2) is 11.2 Å². The second-order valence-electron chi connectivity index (χ2n) is 8.89. The van der Waals surface area contributed by atoms with Gasteiger partial charge >= 0.3 is 11.9 Å². The summed E-state index contributed by atoms with van der Waals surface area (Å²) in [5.41, 5.74) is -3.19. The van der Waals surface area contributed by atoms with Gasteiger partial charge in [0.05, 0.1) is 12.0 Å². The maximum atomic E-state index is 12.5. The summed E-state index contributed by atoms with van der Waals surface area (Å²) in [4.78, 5) is 36.0. The van der Waals surface area contributed by atoms with Crippen LogP contribution in [0.5, 0.6) is 0 Å². The number of esters is 2. The van der Waals surface area contributed by atoms with Crippen molar-refractivity contribution in [3.8, 4) is 0 Å². The van der Waals surface area contributed by atoms with E-state index in [-0.39, 0.29) is 18.8 Å². The molecule has 1 saturated carbocycles. The van der Waals surface area contributed by atoms with Gasteiger partial charge in [-0.05, 0) is 32.3 Å². The Balaban J connectivity index is 1.80. The largest absolute Gasteiger partial charge is 0.458 e. The van der Waals surface area contributed by atoms with Crippen molar-refractivity contribution in [1.82, 2.24) is 0 Å². The van der Waals surface area contributed by atoms with Crippen LogP contribution in [0.15, 0.2) is 24.3 Å². The molecule has 0 radical (unpaired) electrons. The molecule has 0 amide bonds. The van der Waals surface area contributed by atoms with Crippen molar-refractivity contribution in [3.63, 3.8) is 0 Å². The fraction of sp³-hybridized carbons (Fsp3) is 0.700. The van der Waals surface area contributed by atoms with Gasteiger partial charge in [-0.3, -0.25) is 4.79 Å². The van der Waals surface area contributed by atoms with Crippen molar-refractivity contribution < 1.29 is 33.9 Å². The molecule has 2 saturated heterocycles. The summed E-state index contributed by atoms with van der Waals surface area (Å²) in [7, 11) is 0. The first-order chi connectivity index (χ1) is 12.5. The third kappa shape index (κ3) is 2.31. The lowest BCUT2D eigenvalue weighted by atomic mass is 9.70. The van der Waals surface area contributed by atoms with Crippen LogP contribution in [0.3, 0.4) is 0 Å². The molecule has 2 aliphatic carbocycles. The van der Waals surface area contributed by atoms with Gasteiger partial charge < -0.3 is 14.6 Å². The van der Waals surface area contributed by atoms with Crippen molar-refractivity contribution in [1.29, 1.82) is 0 Å². The van der Waals surface area contributed by atoms with Crippen LogP contribution in [-0.4, -0.2) is 46.1 Å². The molecule has 7 heteroatoms. The number of hydrogen-bond donors (Lipinski definition) is 1. The zero-order valence-electron chi connectivity index (χ0n) is 16.1. The van der Waals surface area contributed by atoms with Crippen LogP contribution < -0.4 is 0 Å². The minimum atomic E-state index is -1.40. The average Bonchev–Trinajstić information content (AvgIpc) is 3.12. The minimum Gasteiger partial charge on any atom is -0.458 e. The molecule has 0 aromatic rings. The van der Waals surface area contributed by atoms with Gasteiger partial charge in [-0.15, -0.1) is 0 Å². The molecule has 1 N–H and O–H groups in total. The normalized spacial score (nSPS) is 47.6. The predicted octanol–water partition coefficient (Wildman–Crippen LogP) is 1.84. The highest BCUT2D eigenvalue weighted by molar-refractivity contribution is 5.91. The van der Waals surface area contributed by atoms with Crippen LogP contribution in [0, 0.1) is 17.8 Å². The van der Waals surface area contributed by atoms with Crippen molar-refractivity contribution in [2.45, 2.75) is 69.5 Å². The van der Waals surface area contributed by atoms with Crippen LogP contribution in [0.2, 0.25) is 0 Å². The monoisotopic (exact) mass is 378 g/mol. The molecule has 4 aliphatic rings. The Morgan fingerprint density at radius 1 is 1.37 bits per heavy atom. The molecule has 2 bridgehead atoms.